The Balaban J connectivity index is 2.32. The van der Waals surface area contributed by atoms with E-state index in [0.29, 0.717) is 14.5 Å². The third-order valence-corrected chi connectivity index (χ3v) is 3.71. The lowest BCUT2D eigenvalue weighted by atomic mass is 10.1. The molecule has 2 N–H and O–H groups in total. The lowest BCUT2D eigenvalue weighted by Gasteiger charge is -2.04. The van der Waals surface area contributed by atoms with Crippen molar-refractivity contribution in [1.82, 2.24) is 0 Å². The molecule has 0 aliphatic heterocycles. The Labute approximate surface area is 132 Å². The van der Waals surface area contributed by atoms with Crippen LogP contribution in [0.15, 0.2) is 51.4 Å². The van der Waals surface area contributed by atoms with Gasteiger partial charge in [-0.05, 0) is 46.3 Å². The van der Waals surface area contributed by atoms with E-state index in [2.05, 4.69) is 31.9 Å². The molecule has 0 saturated heterocycles. The Kier molecular flexibility index (Phi) is 4.62. The van der Waals surface area contributed by atoms with Crippen LogP contribution in [0.2, 0.25) is 0 Å². The molecule has 0 saturated carbocycles. The van der Waals surface area contributed by atoms with E-state index >= 15 is 0 Å². The van der Waals surface area contributed by atoms with E-state index in [9.17, 15) is 15.0 Å². The minimum Gasteiger partial charge on any atom is -0.507 e. The zero-order chi connectivity index (χ0) is 14.7. The van der Waals surface area contributed by atoms with Gasteiger partial charge in [-0.1, -0.05) is 34.1 Å². The lowest BCUT2D eigenvalue weighted by molar-refractivity contribution is 0.104. The van der Waals surface area contributed by atoms with Crippen LogP contribution >= 0.6 is 31.9 Å². The van der Waals surface area contributed by atoms with Gasteiger partial charge in [0.25, 0.3) is 0 Å². The number of phenols is 2. The van der Waals surface area contributed by atoms with Gasteiger partial charge in [-0.3, -0.25) is 4.79 Å². The van der Waals surface area contributed by atoms with E-state index in [1.807, 2.05) is 0 Å². The summed E-state index contributed by atoms with van der Waals surface area (Å²) in [5, 5.41) is 19.5. The molecule has 0 atom stereocenters. The Morgan fingerprint density at radius 1 is 1.10 bits per heavy atom. The number of halogens is 2. The summed E-state index contributed by atoms with van der Waals surface area (Å²) < 4.78 is 1.12. The highest BCUT2D eigenvalue weighted by Gasteiger charge is 2.12. The zero-order valence-electron chi connectivity index (χ0n) is 10.2. The average Bonchev–Trinajstić information content (AvgIpc) is 2.41. The standard InChI is InChI=1S/C15H10Br2O3/c16-10-7-11(15(20)12(17)8-10)14(19)6-5-9-3-1-2-4-13(9)18/h1-8,18,20H/b6-5+. The number of rotatable bonds is 3. The van der Waals surface area contributed by atoms with Crippen molar-refractivity contribution in [1.29, 1.82) is 0 Å². The topological polar surface area (TPSA) is 57.5 Å². The summed E-state index contributed by atoms with van der Waals surface area (Å²) in [6.07, 6.45) is 2.81. The van der Waals surface area contributed by atoms with Crippen molar-refractivity contribution in [2.75, 3.05) is 0 Å². The largest absolute Gasteiger partial charge is 0.507 e. The normalized spacial score (nSPS) is 10.9. The highest BCUT2D eigenvalue weighted by atomic mass is 79.9. The molecule has 2 aromatic rings. The van der Waals surface area contributed by atoms with Gasteiger partial charge in [0, 0.05) is 10.0 Å². The molecule has 0 aromatic heterocycles. The van der Waals surface area contributed by atoms with Crippen LogP contribution in [-0.2, 0) is 0 Å². The molecular formula is C15H10Br2O3. The Morgan fingerprint density at radius 3 is 2.50 bits per heavy atom. The van der Waals surface area contributed by atoms with E-state index in [1.54, 1.807) is 24.3 Å². The van der Waals surface area contributed by atoms with Crippen molar-refractivity contribution in [2.24, 2.45) is 0 Å². The Morgan fingerprint density at radius 2 is 1.80 bits per heavy atom. The molecule has 0 radical (unpaired) electrons. The first-order valence-electron chi connectivity index (χ1n) is 5.67. The smallest absolute Gasteiger partial charge is 0.189 e. The second-order valence-corrected chi connectivity index (χ2v) is 5.81. The van der Waals surface area contributed by atoms with E-state index in [-0.39, 0.29) is 22.8 Å². The predicted molar refractivity (Wildman–Crippen MR) is 85.0 cm³/mol. The second kappa shape index (κ2) is 6.24. The number of carbonyl (C=O) groups is 1. The maximum atomic E-state index is 12.1. The molecule has 0 aliphatic carbocycles. The van der Waals surface area contributed by atoms with Crippen LogP contribution in [-0.4, -0.2) is 16.0 Å². The molecule has 0 amide bonds. The van der Waals surface area contributed by atoms with Crippen molar-refractivity contribution in [3.8, 4) is 11.5 Å². The predicted octanol–water partition coefficient (Wildman–Crippen LogP) is 4.52. The lowest BCUT2D eigenvalue weighted by Crippen LogP contribution is -1.95. The SMILES string of the molecule is O=C(/C=C/c1ccccc1O)c1cc(Br)cc(Br)c1O. The van der Waals surface area contributed by atoms with Crippen LogP contribution in [0.4, 0.5) is 0 Å². The second-order valence-electron chi connectivity index (χ2n) is 4.04. The zero-order valence-corrected chi connectivity index (χ0v) is 13.3. The number of hydrogen-bond donors (Lipinski definition) is 2. The average molecular weight is 398 g/mol. The summed E-state index contributed by atoms with van der Waals surface area (Å²) in [6.45, 7) is 0. The molecule has 0 heterocycles. The van der Waals surface area contributed by atoms with Gasteiger partial charge >= 0.3 is 0 Å². The minimum atomic E-state index is -0.354. The monoisotopic (exact) mass is 396 g/mol. The molecule has 0 spiro atoms. The van der Waals surface area contributed by atoms with E-state index in [1.165, 1.54) is 24.3 Å². The maximum absolute atomic E-state index is 12.1. The molecule has 2 rings (SSSR count). The van der Waals surface area contributed by atoms with Gasteiger partial charge in [-0.25, -0.2) is 0 Å². The van der Waals surface area contributed by atoms with Crippen molar-refractivity contribution >= 4 is 43.7 Å². The fourth-order valence-corrected chi connectivity index (χ4v) is 2.86. The summed E-state index contributed by atoms with van der Waals surface area (Å²) in [6, 6.07) is 9.88. The van der Waals surface area contributed by atoms with Crippen LogP contribution in [0.3, 0.4) is 0 Å². The molecule has 2 aromatic carbocycles. The fourth-order valence-electron chi connectivity index (χ4n) is 1.64. The van der Waals surface area contributed by atoms with Gasteiger partial charge in [-0.2, -0.15) is 0 Å². The first kappa shape index (κ1) is 14.8. The third-order valence-electron chi connectivity index (χ3n) is 2.64. The fraction of sp³-hybridized carbons (Fsp3) is 0. The minimum absolute atomic E-state index is 0.0937. The summed E-state index contributed by atoms with van der Waals surface area (Å²) in [5.74, 6) is -0.371. The first-order valence-corrected chi connectivity index (χ1v) is 7.26. The molecule has 20 heavy (non-hydrogen) atoms. The number of para-hydroxylation sites is 1. The molecule has 0 aliphatic rings. The number of allylic oxidation sites excluding steroid dienone is 1. The van der Waals surface area contributed by atoms with Crippen LogP contribution in [0.1, 0.15) is 15.9 Å². The maximum Gasteiger partial charge on any atom is 0.189 e. The Bertz CT molecular complexity index is 694. The molecule has 5 heteroatoms. The number of carbonyl (C=O) groups excluding carboxylic acids is 1. The number of hydrogen-bond acceptors (Lipinski definition) is 3. The number of ketones is 1. The number of phenolic OH excluding ortho intramolecular Hbond substituents is 2. The van der Waals surface area contributed by atoms with Crippen LogP contribution in [0.5, 0.6) is 11.5 Å². The van der Waals surface area contributed by atoms with Crippen LogP contribution in [0.25, 0.3) is 6.08 Å². The van der Waals surface area contributed by atoms with Gasteiger partial charge < -0.3 is 10.2 Å². The summed E-state index contributed by atoms with van der Waals surface area (Å²) in [4.78, 5) is 12.1. The molecule has 3 nitrogen and oxygen atoms in total. The molecule has 0 fully saturated rings. The molecule has 102 valence electrons. The van der Waals surface area contributed by atoms with E-state index in [0.717, 1.165) is 0 Å². The van der Waals surface area contributed by atoms with Gasteiger partial charge in [0.05, 0.1) is 10.0 Å². The number of aromatic hydroxyl groups is 2. The summed E-state index contributed by atoms with van der Waals surface area (Å²) in [7, 11) is 0. The van der Waals surface area contributed by atoms with E-state index in [4.69, 9.17) is 0 Å². The van der Waals surface area contributed by atoms with Crippen LogP contribution in [0, 0.1) is 0 Å². The highest BCUT2D eigenvalue weighted by molar-refractivity contribution is 9.11. The van der Waals surface area contributed by atoms with Crippen molar-refractivity contribution in [2.45, 2.75) is 0 Å². The highest BCUT2D eigenvalue weighted by Crippen LogP contribution is 2.32. The van der Waals surface area contributed by atoms with Crippen LogP contribution < -0.4 is 0 Å². The molecular weight excluding hydrogens is 388 g/mol. The molecule has 0 unspecified atom stereocenters. The molecule has 0 bridgehead atoms. The summed E-state index contributed by atoms with van der Waals surface area (Å²) >= 11 is 6.44. The van der Waals surface area contributed by atoms with Gasteiger partial charge in [0.2, 0.25) is 0 Å². The van der Waals surface area contributed by atoms with Crippen molar-refractivity contribution < 1.29 is 15.0 Å². The number of benzene rings is 2. The first-order chi connectivity index (χ1) is 9.49. The van der Waals surface area contributed by atoms with Gasteiger partial charge in [-0.15, -0.1) is 0 Å². The summed E-state index contributed by atoms with van der Waals surface area (Å²) in [5.41, 5.74) is 0.715. The van der Waals surface area contributed by atoms with Gasteiger partial charge in [0.1, 0.15) is 11.5 Å². The van der Waals surface area contributed by atoms with Crippen molar-refractivity contribution in [3.63, 3.8) is 0 Å². The van der Waals surface area contributed by atoms with Crippen molar-refractivity contribution in [3.05, 3.63) is 62.5 Å². The Hall–Kier alpha value is -1.59. The third kappa shape index (κ3) is 3.29. The quantitative estimate of drug-likeness (QED) is 0.591. The van der Waals surface area contributed by atoms with E-state index < -0.39 is 0 Å². The van der Waals surface area contributed by atoms with Gasteiger partial charge in [0.15, 0.2) is 5.78 Å².